The third-order valence-corrected chi connectivity index (χ3v) is 3.51. The van der Waals surface area contributed by atoms with E-state index in [0.29, 0.717) is 13.2 Å². The van der Waals surface area contributed by atoms with Crippen LogP contribution in [0.3, 0.4) is 0 Å². The summed E-state index contributed by atoms with van der Waals surface area (Å²) in [5.74, 6) is 1.58. The maximum atomic E-state index is 5.70. The minimum atomic E-state index is 0.487. The molecule has 0 fully saturated rings. The number of hydrogen-bond acceptors (Lipinski definition) is 5. The molecule has 2 aromatic rings. The van der Waals surface area contributed by atoms with Crippen molar-refractivity contribution in [3.8, 4) is 11.5 Å². The Bertz CT molecular complexity index is 514. The van der Waals surface area contributed by atoms with Crippen LogP contribution in [0.2, 0.25) is 0 Å². The molecular formula is C14H18N2O2S. The van der Waals surface area contributed by atoms with Crippen LogP contribution in [-0.2, 0) is 13.0 Å². The molecule has 102 valence electrons. The maximum absolute atomic E-state index is 5.70. The number of aryl methyl sites for hydroxylation is 1. The van der Waals surface area contributed by atoms with Gasteiger partial charge < -0.3 is 15.2 Å². The maximum Gasteiger partial charge on any atom is 0.140 e. The summed E-state index contributed by atoms with van der Waals surface area (Å²) in [4.78, 5) is 4.51. The fraction of sp³-hybridized carbons (Fsp3) is 0.357. The summed E-state index contributed by atoms with van der Waals surface area (Å²) in [6.45, 7) is 1.19. The van der Waals surface area contributed by atoms with E-state index in [1.165, 1.54) is 0 Å². The number of rotatable bonds is 7. The average Bonchev–Trinajstić information content (AvgIpc) is 2.91. The van der Waals surface area contributed by atoms with Crippen LogP contribution < -0.4 is 15.2 Å². The molecule has 4 nitrogen and oxygen atoms in total. The van der Waals surface area contributed by atoms with E-state index < -0.39 is 0 Å². The largest absolute Gasteiger partial charge is 0.497 e. The van der Waals surface area contributed by atoms with Gasteiger partial charge in [-0.2, -0.15) is 0 Å². The number of nitrogens with zero attached hydrogens (tertiary/aromatic N) is 1. The molecule has 1 aromatic heterocycles. The summed E-state index contributed by atoms with van der Waals surface area (Å²) in [5.41, 5.74) is 6.58. The highest BCUT2D eigenvalue weighted by molar-refractivity contribution is 7.09. The first-order valence-electron chi connectivity index (χ1n) is 6.22. The lowest BCUT2D eigenvalue weighted by Gasteiger charge is -2.05. The molecule has 0 aliphatic rings. The summed E-state index contributed by atoms with van der Waals surface area (Å²) < 4.78 is 10.8. The normalized spacial score (nSPS) is 10.4. The zero-order chi connectivity index (χ0) is 13.5. The Kier molecular flexibility index (Phi) is 5.18. The topological polar surface area (TPSA) is 57.4 Å². The van der Waals surface area contributed by atoms with Gasteiger partial charge in [0.15, 0.2) is 0 Å². The molecule has 0 radical (unpaired) electrons. The first-order chi connectivity index (χ1) is 9.31. The summed E-state index contributed by atoms with van der Waals surface area (Å²) in [6.07, 6.45) is 1.91. The highest BCUT2D eigenvalue weighted by atomic mass is 32.1. The van der Waals surface area contributed by atoms with Gasteiger partial charge in [-0.05, 0) is 31.5 Å². The molecule has 0 saturated heterocycles. The summed E-state index contributed by atoms with van der Waals surface area (Å²) in [6, 6.07) is 7.57. The van der Waals surface area contributed by atoms with Crippen LogP contribution in [0.5, 0.6) is 11.5 Å². The number of thiazole rings is 1. The van der Waals surface area contributed by atoms with Crippen LogP contribution in [0.4, 0.5) is 0 Å². The van der Waals surface area contributed by atoms with Crippen LogP contribution in [0.15, 0.2) is 29.6 Å². The first kappa shape index (κ1) is 13.8. The number of hydrogen-bond donors (Lipinski definition) is 1. The van der Waals surface area contributed by atoms with Crippen molar-refractivity contribution >= 4 is 11.3 Å². The molecule has 0 spiro atoms. The average molecular weight is 278 g/mol. The predicted octanol–water partition coefficient (Wildman–Crippen LogP) is 2.62. The number of nitrogens with two attached hydrogens (primary N) is 1. The van der Waals surface area contributed by atoms with E-state index in [1.807, 2.05) is 24.3 Å². The Hall–Kier alpha value is -1.59. The van der Waals surface area contributed by atoms with Gasteiger partial charge in [0.2, 0.25) is 0 Å². The van der Waals surface area contributed by atoms with Crippen LogP contribution in [0, 0.1) is 0 Å². The molecule has 0 bridgehead atoms. The molecule has 0 aliphatic heterocycles. The van der Waals surface area contributed by atoms with Crippen molar-refractivity contribution in [3.63, 3.8) is 0 Å². The van der Waals surface area contributed by atoms with E-state index in [-0.39, 0.29) is 0 Å². The van der Waals surface area contributed by atoms with E-state index in [4.69, 9.17) is 15.2 Å². The van der Waals surface area contributed by atoms with Gasteiger partial charge in [0.05, 0.1) is 12.8 Å². The smallest absolute Gasteiger partial charge is 0.140 e. The molecule has 0 amide bonds. The van der Waals surface area contributed by atoms with Gasteiger partial charge in [-0.15, -0.1) is 11.3 Å². The zero-order valence-electron chi connectivity index (χ0n) is 11.0. The minimum Gasteiger partial charge on any atom is -0.497 e. The van der Waals surface area contributed by atoms with E-state index in [9.17, 15) is 0 Å². The van der Waals surface area contributed by atoms with Crippen molar-refractivity contribution in [3.05, 3.63) is 40.3 Å². The van der Waals surface area contributed by atoms with Crippen LogP contribution >= 0.6 is 11.3 Å². The standard InChI is InChI=1S/C14H18N2O2S/c1-17-12-5-2-6-13(8-12)18-9-14-16-11(10-19-14)4-3-7-15/h2,5-6,8,10H,3-4,7,9,15H2,1H3. The summed E-state index contributed by atoms with van der Waals surface area (Å²) >= 11 is 1.62. The molecular weight excluding hydrogens is 260 g/mol. The molecule has 0 aliphatic carbocycles. The Morgan fingerprint density at radius 1 is 1.32 bits per heavy atom. The molecule has 19 heavy (non-hydrogen) atoms. The SMILES string of the molecule is COc1cccc(OCc2nc(CCCN)cs2)c1. The molecule has 2 rings (SSSR count). The zero-order valence-corrected chi connectivity index (χ0v) is 11.8. The van der Waals surface area contributed by atoms with E-state index in [2.05, 4.69) is 10.4 Å². The van der Waals surface area contributed by atoms with E-state index in [1.54, 1.807) is 18.4 Å². The third kappa shape index (κ3) is 4.22. The lowest BCUT2D eigenvalue weighted by Crippen LogP contribution is -2.01. The van der Waals surface area contributed by atoms with Crippen molar-refractivity contribution in [1.82, 2.24) is 4.98 Å². The Morgan fingerprint density at radius 3 is 2.95 bits per heavy atom. The second kappa shape index (κ2) is 7.11. The van der Waals surface area contributed by atoms with Gasteiger partial charge in [-0.1, -0.05) is 6.07 Å². The second-order valence-corrected chi connectivity index (χ2v) is 5.04. The summed E-state index contributed by atoms with van der Waals surface area (Å²) in [7, 11) is 1.64. The van der Waals surface area contributed by atoms with Gasteiger partial charge in [0, 0.05) is 11.4 Å². The highest BCUT2D eigenvalue weighted by Crippen LogP contribution is 2.20. The highest BCUT2D eigenvalue weighted by Gasteiger charge is 2.03. The molecule has 5 heteroatoms. The summed E-state index contributed by atoms with van der Waals surface area (Å²) in [5, 5.41) is 3.05. The van der Waals surface area contributed by atoms with Crippen molar-refractivity contribution in [1.29, 1.82) is 0 Å². The minimum absolute atomic E-state index is 0.487. The molecule has 2 N–H and O–H groups in total. The molecule has 0 unspecified atom stereocenters. The number of aromatic nitrogens is 1. The van der Waals surface area contributed by atoms with Crippen molar-refractivity contribution in [2.45, 2.75) is 19.4 Å². The van der Waals surface area contributed by atoms with E-state index >= 15 is 0 Å². The molecule has 0 saturated carbocycles. The number of benzene rings is 1. The Labute approximate surface area is 117 Å². The Morgan fingerprint density at radius 2 is 2.16 bits per heavy atom. The van der Waals surface area contributed by atoms with Crippen molar-refractivity contribution in [2.75, 3.05) is 13.7 Å². The van der Waals surface area contributed by atoms with Gasteiger partial charge in [0.25, 0.3) is 0 Å². The van der Waals surface area contributed by atoms with Crippen molar-refractivity contribution in [2.24, 2.45) is 5.73 Å². The van der Waals surface area contributed by atoms with Crippen molar-refractivity contribution < 1.29 is 9.47 Å². The number of methoxy groups -OCH3 is 1. The van der Waals surface area contributed by atoms with Gasteiger partial charge in [0.1, 0.15) is 23.1 Å². The van der Waals surface area contributed by atoms with Gasteiger partial charge in [-0.3, -0.25) is 0 Å². The second-order valence-electron chi connectivity index (χ2n) is 4.09. The molecule has 1 heterocycles. The Balaban J connectivity index is 1.89. The first-order valence-corrected chi connectivity index (χ1v) is 7.10. The third-order valence-electron chi connectivity index (χ3n) is 2.64. The fourth-order valence-electron chi connectivity index (χ4n) is 1.65. The molecule has 1 aromatic carbocycles. The van der Waals surface area contributed by atoms with Crippen LogP contribution in [0.25, 0.3) is 0 Å². The predicted molar refractivity (Wildman–Crippen MR) is 76.8 cm³/mol. The lowest BCUT2D eigenvalue weighted by atomic mass is 10.2. The quantitative estimate of drug-likeness (QED) is 0.846. The van der Waals surface area contributed by atoms with E-state index in [0.717, 1.165) is 35.0 Å². The van der Waals surface area contributed by atoms with Gasteiger partial charge in [-0.25, -0.2) is 4.98 Å². The fourth-order valence-corrected chi connectivity index (χ4v) is 2.39. The number of ether oxygens (including phenoxy) is 2. The van der Waals surface area contributed by atoms with Crippen LogP contribution in [-0.4, -0.2) is 18.6 Å². The van der Waals surface area contributed by atoms with Crippen LogP contribution in [0.1, 0.15) is 17.1 Å². The lowest BCUT2D eigenvalue weighted by molar-refractivity contribution is 0.303. The molecule has 0 atom stereocenters. The van der Waals surface area contributed by atoms with Gasteiger partial charge >= 0.3 is 0 Å². The monoisotopic (exact) mass is 278 g/mol.